The largest absolute Gasteiger partial charge is 0.297 e. The lowest BCUT2D eigenvalue weighted by Crippen LogP contribution is -2.07. The van der Waals surface area contributed by atoms with E-state index in [1.54, 1.807) is 12.2 Å². The third kappa shape index (κ3) is 3.94. The molecule has 0 unspecified atom stereocenters. The van der Waals surface area contributed by atoms with Gasteiger partial charge in [0.15, 0.2) is 0 Å². The lowest BCUT2D eigenvalue weighted by atomic mass is 10.2. The van der Waals surface area contributed by atoms with Gasteiger partial charge in [0.1, 0.15) is 5.01 Å². The number of carbonyl (C=O) groups excluding carboxylic acids is 1. The lowest BCUT2D eigenvalue weighted by molar-refractivity contribution is -0.111. The Kier molecular flexibility index (Phi) is 4.85. The number of nitrogens with zero attached hydrogens (tertiary/aromatic N) is 2. The molecule has 1 rings (SSSR count). The van der Waals surface area contributed by atoms with E-state index in [0.29, 0.717) is 11.0 Å². The Bertz CT molecular complexity index is 407. The minimum atomic E-state index is -0.190. The topological polar surface area (TPSA) is 54.9 Å². The number of rotatable bonds is 4. The van der Waals surface area contributed by atoms with Gasteiger partial charge < -0.3 is 0 Å². The fourth-order valence-electron chi connectivity index (χ4n) is 0.920. The molecule has 86 valence electrons. The minimum Gasteiger partial charge on any atom is -0.297 e. The highest BCUT2D eigenvalue weighted by Crippen LogP contribution is 2.22. The average Bonchev–Trinajstić information content (AvgIpc) is 2.66. The Balaban J connectivity index is 2.56. The van der Waals surface area contributed by atoms with Crippen molar-refractivity contribution in [2.75, 3.05) is 5.32 Å². The second kappa shape index (κ2) is 6.17. The molecule has 0 atom stereocenters. The van der Waals surface area contributed by atoms with Gasteiger partial charge >= 0.3 is 0 Å². The summed E-state index contributed by atoms with van der Waals surface area (Å²) < 4.78 is 0. The summed E-state index contributed by atoms with van der Waals surface area (Å²) in [6.45, 7) is 5.97. The maximum absolute atomic E-state index is 11.4. The number of amides is 1. The van der Waals surface area contributed by atoms with Gasteiger partial charge in [-0.05, 0) is 6.92 Å². The van der Waals surface area contributed by atoms with Crippen molar-refractivity contribution in [1.29, 1.82) is 0 Å². The van der Waals surface area contributed by atoms with E-state index in [1.807, 2.05) is 26.8 Å². The zero-order chi connectivity index (χ0) is 12.0. The first kappa shape index (κ1) is 12.6. The van der Waals surface area contributed by atoms with Crippen molar-refractivity contribution in [3.63, 3.8) is 0 Å². The molecule has 1 aromatic rings. The van der Waals surface area contributed by atoms with Crippen LogP contribution in [0, 0.1) is 0 Å². The Labute approximate surface area is 99.1 Å². The highest BCUT2D eigenvalue weighted by Gasteiger charge is 2.08. The van der Waals surface area contributed by atoms with Crippen LogP contribution >= 0.6 is 11.3 Å². The van der Waals surface area contributed by atoms with Crippen LogP contribution in [0.1, 0.15) is 31.7 Å². The zero-order valence-electron chi connectivity index (χ0n) is 9.60. The van der Waals surface area contributed by atoms with Gasteiger partial charge in [-0.3, -0.25) is 10.1 Å². The molecular formula is C11H15N3OS. The van der Waals surface area contributed by atoms with E-state index in [0.717, 1.165) is 5.01 Å². The second-order valence-electron chi connectivity index (χ2n) is 3.47. The van der Waals surface area contributed by atoms with E-state index in [2.05, 4.69) is 15.5 Å². The quantitative estimate of drug-likeness (QED) is 0.647. The standard InChI is InChI=1S/C11H15N3OS/c1-4-5-6-7-9(15)12-11-14-13-10(16-11)8(2)3/h4-8H,1-3H3,(H,12,14,15)/b5-4+,7-6+. The van der Waals surface area contributed by atoms with Crippen molar-refractivity contribution < 1.29 is 4.79 Å². The molecule has 0 aliphatic carbocycles. The molecule has 5 heteroatoms. The van der Waals surface area contributed by atoms with Crippen molar-refractivity contribution >= 4 is 22.4 Å². The first-order valence-corrected chi connectivity index (χ1v) is 5.89. The average molecular weight is 237 g/mol. The molecule has 1 N–H and O–H groups in total. The number of allylic oxidation sites excluding steroid dienone is 3. The molecule has 0 fully saturated rings. The van der Waals surface area contributed by atoms with Gasteiger partial charge in [0.25, 0.3) is 0 Å². The van der Waals surface area contributed by atoms with E-state index in [9.17, 15) is 4.79 Å². The number of anilines is 1. The molecule has 0 aliphatic heterocycles. The van der Waals surface area contributed by atoms with Crippen LogP contribution in [0.25, 0.3) is 0 Å². The summed E-state index contributed by atoms with van der Waals surface area (Å²) in [7, 11) is 0. The number of aromatic nitrogens is 2. The molecule has 0 spiro atoms. The van der Waals surface area contributed by atoms with E-state index < -0.39 is 0 Å². The van der Waals surface area contributed by atoms with Crippen LogP contribution in [0.3, 0.4) is 0 Å². The highest BCUT2D eigenvalue weighted by molar-refractivity contribution is 7.15. The Morgan fingerprint density at radius 1 is 1.38 bits per heavy atom. The van der Waals surface area contributed by atoms with Gasteiger partial charge in [-0.1, -0.05) is 43.4 Å². The maximum atomic E-state index is 11.4. The number of hydrogen-bond donors (Lipinski definition) is 1. The zero-order valence-corrected chi connectivity index (χ0v) is 10.4. The number of hydrogen-bond acceptors (Lipinski definition) is 4. The summed E-state index contributed by atoms with van der Waals surface area (Å²) in [6, 6.07) is 0. The molecular weight excluding hydrogens is 222 g/mol. The normalized spacial score (nSPS) is 11.8. The van der Waals surface area contributed by atoms with Crippen LogP contribution in [-0.2, 0) is 4.79 Å². The number of carbonyl (C=O) groups is 1. The van der Waals surface area contributed by atoms with Crippen LogP contribution < -0.4 is 5.32 Å². The number of nitrogens with one attached hydrogen (secondary N) is 1. The van der Waals surface area contributed by atoms with Gasteiger partial charge in [-0.25, -0.2) is 0 Å². The molecule has 1 aromatic heterocycles. The summed E-state index contributed by atoms with van der Waals surface area (Å²) in [5.74, 6) is 0.145. The van der Waals surface area contributed by atoms with Crippen molar-refractivity contribution in [2.24, 2.45) is 0 Å². The van der Waals surface area contributed by atoms with Crippen molar-refractivity contribution in [1.82, 2.24) is 10.2 Å². The molecule has 0 saturated heterocycles. The van der Waals surface area contributed by atoms with Crippen molar-refractivity contribution in [3.05, 3.63) is 29.3 Å². The molecule has 1 amide bonds. The van der Waals surface area contributed by atoms with Gasteiger partial charge in [0.05, 0.1) is 0 Å². The summed E-state index contributed by atoms with van der Waals surface area (Å²) >= 11 is 1.40. The van der Waals surface area contributed by atoms with Gasteiger partial charge in [-0.15, -0.1) is 10.2 Å². The molecule has 16 heavy (non-hydrogen) atoms. The molecule has 0 saturated carbocycles. The predicted octanol–water partition coefficient (Wildman–Crippen LogP) is 2.73. The van der Waals surface area contributed by atoms with E-state index in [1.165, 1.54) is 17.4 Å². The smallest absolute Gasteiger partial charge is 0.250 e. The monoisotopic (exact) mass is 237 g/mol. The molecule has 0 radical (unpaired) electrons. The highest BCUT2D eigenvalue weighted by atomic mass is 32.1. The minimum absolute atomic E-state index is 0.190. The molecule has 1 heterocycles. The second-order valence-corrected chi connectivity index (χ2v) is 4.48. The summed E-state index contributed by atoms with van der Waals surface area (Å²) in [4.78, 5) is 11.4. The molecule has 0 aromatic carbocycles. The molecule has 4 nitrogen and oxygen atoms in total. The lowest BCUT2D eigenvalue weighted by Gasteiger charge is -1.95. The van der Waals surface area contributed by atoms with Crippen LogP contribution in [0.2, 0.25) is 0 Å². The van der Waals surface area contributed by atoms with Gasteiger partial charge in [0.2, 0.25) is 11.0 Å². The fraction of sp³-hybridized carbons (Fsp3) is 0.364. The molecule has 0 aliphatic rings. The van der Waals surface area contributed by atoms with E-state index in [-0.39, 0.29) is 5.91 Å². The van der Waals surface area contributed by atoms with E-state index in [4.69, 9.17) is 0 Å². The molecule has 0 bridgehead atoms. The SMILES string of the molecule is C/C=C/C=C/C(=O)Nc1nnc(C(C)C)s1. The first-order chi connectivity index (χ1) is 7.63. The Morgan fingerprint density at radius 2 is 2.12 bits per heavy atom. The van der Waals surface area contributed by atoms with Gasteiger partial charge in [0, 0.05) is 12.0 Å². The predicted molar refractivity (Wildman–Crippen MR) is 66.6 cm³/mol. The van der Waals surface area contributed by atoms with Crippen LogP contribution in [0.5, 0.6) is 0 Å². The maximum Gasteiger partial charge on any atom is 0.250 e. The van der Waals surface area contributed by atoms with Crippen LogP contribution in [0.4, 0.5) is 5.13 Å². The van der Waals surface area contributed by atoms with Gasteiger partial charge in [-0.2, -0.15) is 0 Å². The van der Waals surface area contributed by atoms with Crippen molar-refractivity contribution in [2.45, 2.75) is 26.7 Å². The third-order valence-corrected chi connectivity index (χ3v) is 2.86. The summed E-state index contributed by atoms with van der Waals surface area (Å²) in [6.07, 6.45) is 6.78. The van der Waals surface area contributed by atoms with E-state index >= 15 is 0 Å². The first-order valence-electron chi connectivity index (χ1n) is 5.07. The van der Waals surface area contributed by atoms with Crippen LogP contribution in [-0.4, -0.2) is 16.1 Å². The summed E-state index contributed by atoms with van der Waals surface area (Å²) in [5, 5.41) is 12.0. The van der Waals surface area contributed by atoms with Crippen LogP contribution in [0.15, 0.2) is 24.3 Å². The third-order valence-electron chi connectivity index (χ3n) is 1.72. The Morgan fingerprint density at radius 3 is 2.69 bits per heavy atom. The Hall–Kier alpha value is -1.49. The fourth-order valence-corrected chi connectivity index (χ4v) is 1.67. The summed E-state index contributed by atoms with van der Waals surface area (Å²) in [5.41, 5.74) is 0. The van der Waals surface area contributed by atoms with Crippen molar-refractivity contribution in [3.8, 4) is 0 Å².